The highest BCUT2D eigenvalue weighted by atomic mass is 19.1. The molecule has 1 heterocycles. The molecule has 1 fully saturated rings. The monoisotopic (exact) mass is 172 g/mol. The summed E-state index contributed by atoms with van der Waals surface area (Å²) < 4.78 is 12.8. The molecule has 0 spiro atoms. The molecule has 0 bridgehead atoms. The van der Waals surface area contributed by atoms with Gasteiger partial charge in [-0.3, -0.25) is 0 Å². The van der Waals surface area contributed by atoms with E-state index >= 15 is 0 Å². The molecule has 0 aliphatic carbocycles. The van der Waals surface area contributed by atoms with E-state index in [9.17, 15) is 4.39 Å². The van der Waals surface area contributed by atoms with Crippen LogP contribution in [0.5, 0.6) is 0 Å². The van der Waals surface area contributed by atoms with Crippen molar-refractivity contribution in [2.45, 2.75) is 19.2 Å². The summed E-state index contributed by atoms with van der Waals surface area (Å²) in [6, 6.07) is 0. The summed E-state index contributed by atoms with van der Waals surface area (Å²) in [6.07, 6.45) is -0.618. The Morgan fingerprint density at radius 1 is 1.75 bits per heavy atom. The van der Waals surface area contributed by atoms with E-state index in [4.69, 9.17) is 5.11 Å². The fourth-order valence-corrected chi connectivity index (χ4v) is 1.22. The predicted molar refractivity (Wildman–Crippen MR) is 45.8 cm³/mol. The van der Waals surface area contributed by atoms with E-state index in [1.54, 1.807) is 11.8 Å². The van der Waals surface area contributed by atoms with Gasteiger partial charge in [0.25, 0.3) is 0 Å². The standard InChI is InChI=1S/C8H13FN2O/c1-3-10-6(2)11-4-7(9)8(12)5-11/h3,7-8,12H,1,4-5H2,2H3/b10-6+. The number of likely N-dealkylation sites (tertiary alicyclic amines) is 1. The molecule has 0 saturated carbocycles. The molecule has 2 atom stereocenters. The lowest BCUT2D eigenvalue weighted by Crippen LogP contribution is -2.27. The maximum Gasteiger partial charge on any atom is 0.145 e. The molecule has 1 saturated heterocycles. The molecule has 0 radical (unpaired) electrons. The lowest BCUT2D eigenvalue weighted by molar-refractivity contribution is 0.117. The van der Waals surface area contributed by atoms with Crippen molar-refractivity contribution < 1.29 is 9.50 Å². The zero-order valence-electron chi connectivity index (χ0n) is 7.07. The first-order chi connectivity index (χ1) is 5.65. The van der Waals surface area contributed by atoms with Gasteiger partial charge in [-0.25, -0.2) is 9.38 Å². The third-order valence-corrected chi connectivity index (χ3v) is 1.96. The Kier molecular flexibility index (Phi) is 2.81. The largest absolute Gasteiger partial charge is 0.388 e. The number of hydrogen-bond donors (Lipinski definition) is 1. The normalized spacial score (nSPS) is 30.9. The smallest absolute Gasteiger partial charge is 0.145 e. The molecule has 4 heteroatoms. The van der Waals surface area contributed by atoms with Gasteiger partial charge >= 0.3 is 0 Å². The van der Waals surface area contributed by atoms with Gasteiger partial charge in [-0.15, -0.1) is 0 Å². The third-order valence-electron chi connectivity index (χ3n) is 1.96. The Morgan fingerprint density at radius 3 is 2.83 bits per heavy atom. The Morgan fingerprint density at radius 2 is 2.42 bits per heavy atom. The topological polar surface area (TPSA) is 35.8 Å². The van der Waals surface area contributed by atoms with E-state index in [-0.39, 0.29) is 6.54 Å². The first-order valence-corrected chi connectivity index (χ1v) is 3.87. The minimum Gasteiger partial charge on any atom is -0.388 e. The third kappa shape index (κ3) is 1.82. The van der Waals surface area contributed by atoms with Crippen molar-refractivity contribution in [2.75, 3.05) is 13.1 Å². The highest BCUT2D eigenvalue weighted by Gasteiger charge is 2.31. The maximum atomic E-state index is 12.8. The molecule has 2 unspecified atom stereocenters. The quantitative estimate of drug-likeness (QED) is 0.463. The minimum atomic E-state index is -1.15. The lowest BCUT2D eigenvalue weighted by atomic mass is 10.3. The van der Waals surface area contributed by atoms with Crippen LogP contribution in [0.4, 0.5) is 4.39 Å². The predicted octanol–water partition coefficient (Wildman–Crippen LogP) is 0.563. The summed E-state index contributed by atoms with van der Waals surface area (Å²) in [7, 11) is 0. The van der Waals surface area contributed by atoms with Crippen molar-refractivity contribution >= 4 is 5.84 Å². The van der Waals surface area contributed by atoms with Crippen LogP contribution in [-0.4, -0.2) is 41.2 Å². The Hall–Kier alpha value is -0.900. The highest BCUT2D eigenvalue weighted by molar-refractivity contribution is 5.80. The fourth-order valence-electron chi connectivity index (χ4n) is 1.22. The van der Waals surface area contributed by atoms with Crippen LogP contribution < -0.4 is 0 Å². The van der Waals surface area contributed by atoms with E-state index < -0.39 is 12.3 Å². The van der Waals surface area contributed by atoms with E-state index in [2.05, 4.69) is 11.6 Å². The van der Waals surface area contributed by atoms with Crippen molar-refractivity contribution in [1.82, 2.24) is 4.90 Å². The van der Waals surface area contributed by atoms with Crippen molar-refractivity contribution in [2.24, 2.45) is 4.99 Å². The summed E-state index contributed by atoms with van der Waals surface area (Å²) in [5.41, 5.74) is 0. The van der Waals surface area contributed by atoms with Crippen LogP contribution in [0.15, 0.2) is 17.8 Å². The SMILES string of the molecule is C=C/N=C(\C)N1CC(O)C(F)C1. The Balaban J connectivity index is 2.56. The van der Waals surface area contributed by atoms with Crippen molar-refractivity contribution in [3.8, 4) is 0 Å². The molecule has 68 valence electrons. The number of halogens is 1. The van der Waals surface area contributed by atoms with Crippen molar-refractivity contribution in [1.29, 1.82) is 0 Å². The zero-order valence-corrected chi connectivity index (χ0v) is 7.07. The summed E-state index contributed by atoms with van der Waals surface area (Å²) in [4.78, 5) is 5.61. The second-order valence-corrected chi connectivity index (χ2v) is 2.85. The average Bonchev–Trinajstić information content (AvgIpc) is 2.33. The van der Waals surface area contributed by atoms with Gasteiger partial charge in [-0.05, 0) is 6.92 Å². The van der Waals surface area contributed by atoms with Crippen molar-refractivity contribution in [3.05, 3.63) is 12.8 Å². The fraction of sp³-hybridized carbons (Fsp3) is 0.625. The molecule has 0 amide bonds. The van der Waals surface area contributed by atoms with E-state index in [1.165, 1.54) is 6.20 Å². The molecule has 0 aromatic heterocycles. The number of aliphatic hydroxyl groups is 1. The van der Waals surface area contributed by atoms with Gasteiger partial charge in [0.05, 0.1) is 6.54 Å². The van der Waals surface area contributed by atoms with Crippen LogP contribution in [-0.2, 0) is 0 Å². The van der Waals surface area contributed by atoms with Gasteiger partial charge in [-0.1, -0.05) is 6.58 Å². The van der Waals surface area contributed by atoms with Gasteiger partial charge in [0.15, 0.2) is 0 Å². The average molecular weight is 172 g/mol. The Bertz CT molecular complexity index is 195. The second kappa shape index (κ2) is 3.67. The number of β-amino-alcohol motifs (C(OH)–C–C–N with tert-alkyl or cyclic N) is 1. The number of aliphatic imine (C=N–C) groups is 1. The van der Waals surface area contributed by atoms with Crippen LogP contribution in [0.25, 0.3) is 0 Å². The first kappa shape index (κ1) is 9.19. The molecule has 1 aliphatic heterocycles. The van der Waals surface area contributed by atoms with E-state index in [0.29, 0.717) is 12.4 Å². The molecule has 0 aromatic rings. The van der Waals surface area contributed by atoms with Crippen LogP contribution >= 0.6 is 0 Å². The summed E-state index contributed by atoms with van der Waals surface area (Å²) >= 11 is 0. The van der Waals surface area contributed by atoms with Crippen LogP contribution in [0, 0.1) is 0 Å². The van der Waals surface area contributed by atoms with Gasteiger partial charge in [0.1, 0.15) is 18.1 Å². The van der Waals surface area contributed by atoms with E-state index in [1.807, 2.05) is 0 Å². The molecule has 1 N–H and O–H groups in total. The van der Waals surface area contributed by atoms with Gasteiger partial charge in [0, 0.05) is 12.7 Å². The first-order valence-electron chi connectivity index (χ1n) is 3.87. The lowest BCUT2D eigenvalue weighted by Gasteiger charge is -2.15. The molecule has 0 aromatic carbocycles. The number of amidine groups is 1. The molecule has 1 rings (SSSR count). The number of nitrogens with zero attached hydrogens (tertiary/aromatic N) is 2. The van der Waals surface area contributed by atoms with Crippen LogP contribution in [0.2, 0.25) is 0 Å². The number of hydrogen-bond acceptors (Lipinski definition) is 2. The second-order valence-electron chi connectivity index (χ2n) is 2.85. The minimum absolute atomic E-state index is 0.227. The summed E-state index contributed by atoms with van der Waals surface area (Å²) in [5, 5.41) is 9.09. The van der Waals surface area contributed by atoms with Crippen LogP contribution in [0.3, 0.4) is 0 Å². The molecule has 3 nitrogen and oxygen atoms in total. The van der Waals surface area contributed by atoms with Crippen molar-refractivity contribution in [3.63, 3.8) is 0 Å². The highest BCUT2D eigenvalue weighted by Crippen LogP contribution is 2.13. The molecular weight excluding hydrogens is 159 g/mol. The number of rotatable bonds is 1. The molecule has 12 heavy (non-hydrogen) atoms. The van der Waals surface area contributed by atoms with E-state index in [0.717, 1.165) is 0 Å². The zero-order chi connectivity index (χ0) is 9.14. The summed E-state index contributed by atoms with van der Waals surface area (Å²) in [6.45, 7) is 5.76. The van der Waals surface area contributed by atoms with Gasteiger partial charge < -0.3 is 10.0 Å². The van der Waals surface area contributed by atoms with Crippen LogP contribution in [0.1, 0.15) is 6.92 Å². The summed E-state index contributed by atoms with van der Waals surface area (Å²) in [5.74, 6) is 0.698. The van der Waals surface area contributed by atoms with Gasteiger partial charge in [-0.2, -0.15) is 0 Å². The molecule has 1 aliphatic rings. The number of alkyl halides is 1. The maximum absolute atomic E-state index is 12.8. The van der Waals surface area contributed by atoms with Gasteiger partial charge in [0.2, 0.25) is 0 Å². The Labute approximate surface area is 71.2 Å². The molecular formula is C8H13FN2O. The number of aliphatic hydroxyl groups excluding tert-OH is 1.